The molecule has 2 amide bonds. The van der Waals surface area contributed by atoms with Crippen LogP contribution in [0.2, 0.25) is 0 Å². The fourth-order valence-corrected chi connectivity index (χ4v) is 4.57. The van der Waals surface area contributed by atoms with Gasteiger partial charge in [-0.25, -0.2) is 15.0 Å². The number of thioether (sulfide) groups is 1. The molecule has 0 radical (unpaired) electrons. The third-order valence-corrected chi connectivity index (χ3v) is 6.50. The smallest absolute Gasteiger partial charge is 0.290 e. The third-order valence-electron chi connectivity index (χ3n) is 5.69. The van der Waals surface area contributed by atoms with E-state index in [1.807, 2.05) is 36.2 Å². The largest absolute Gasteiger partial charge is 0.355 e. The van der Waals surface area contributed by atoms with Gasteiger partial charge >= 0.3 is 0 Å². The minimum absolute atomic E-state index is 0.322. The Kier molecular flexibility index (Phi) is 6.57. The molecule has 2 aliphatic rings. The molecule has 2 saturated heterocycles. The van der Waals surface area contributed by atoms with Crippen LogP contribution in [0, 0.1) is 0 Å². The van der Waals surface area contributed by atoms with Gasteiger partial charge in [-0.05, 0) is 29.5 Å². The predicted molar refractivity (Wildman–Crippen MR) is 136 cm³/mol. The van der Waals surface area contributed by atoms with Crippen LogP contribution in [-0.2, 0) is 11.3 Å². The average Bonchev–Trinajstić information content (AvgIpc) is 3.21. The van der Waals surface area contributed by atoms with Gasteiger partial charge in [-0.15, -0.1) is 0 Å². The van der Waals surface area contributed by atoms with Crippen molar-refractivity contribution in [1.29, 1.82) is 0 Å². The molecule has 2 aromatic heterocycles. The summed E-state index contributed by atoms with van der Waals surface area (Å²) in [6.07, 6.45) is 5.13. The van der Waals surface area contributed by atoms with Crippen LogP contribution in [-0.4, -0.2) is 64.3 Å². The Morgan fingerprint density at radius 1 is 0.971 bits per heavy atom. The SMILES string of the molecule is CN(Cc1ccccc1)c1cc(/C=C2/SC(=O)NC2=O)nc(N2CCN(c3ncccn3)CC2)n1. The fourth-order valence-electron chi connectivity index (χ4n) is 3.91. The predicted octanol–water partition coefficient (Wildman–Crippen LogP) is 2.55. The zero-order valence-electron chi connectivity index (χ0n) is 19.2. The molecule has 0 spiro atoms. The first-order valence-corrected chi connectivity index (χ1v) is 12.0. The van der Waals surface area contributed by atoms with Crippen LogP contribution in [0.25, 0.3) is 6.08 Å². The number of hydrogen-bond acceptors (Lipinski definition) is 10. The summed E-state index contributed by atoms with van der Waals surface area (Å²) < 4.78 is 0. The first-order valence-electron chi connectivity index (χ1n) is 11.2. The van der Waals surface area contributed by atoms with E-state index >= 15 is 0 Å². The Bertz CT molecular complexity index is 1250. The van der Waals surface area contributed by atoms with Crippen LogP contribution in [0.1, 0.15) is 11.3 Å². The highest BCUT2D eigenvalue weighted by atomic mass is 32.2. The van der Waals surface area contributed by atoms with Crippen LogP contribution in [0.3, 0.4) is 0 Å². The normalized spacial score (nSPS) is 17.1. The lowest BCUT2D eigenvalue weighted by molar-refractivity contribution is -0.115. The second kappa shape index (κ2) is 10.1. The molecule has 2 aliphatic heterocycles. The molecular formula is C24H24N8O2S. The standard InChI is InChI=1S/C24H24N8O2S/c1-30(16-17-6-3-2-4-7-17)20-15-18(14-19-21(33)29-24(34)35-19)27-23(28-20)32-12-10-31(11-13-32)22-25-8-5-9-26-22/h2-9,14-15H,10-13,16H2,1H3,(H,29,33,34)/b19-14+. The first-order chi connectivity index (χ1) is 17.0. The number of amides is 2. The Hall–Kier alpha value is -3.99. The van der Waals surface area contributed by atoms with E-state index in [1.54, 1.807) is 24.5 Å². The van der Waals surface area contributed by atoms with Gasteiger partial charge in [0, 0.05) is 58.2 Å². The van der Waals surface area contributed by atoms with E-state index in [-0.39, 0.29) is 5.24 Å². The summed E-state index contributed by atoms with van der Waals surface area (Å²) in [6, 6.07) is 13.8. The number of piperazine rings is 1. The quantitative estimate of drug-likeness (QED) is 0.520. The Morgan fingerprint density at radius 3 is 2.31 bits per heavy atom. The maximum absolute atomic E-state index is 12.1. The number of hydrogen-bond donors (Lipinski definition) is 1. The highest BCUT2D eigenvalue weighted by Crippen LogP contribution is 2.27. The van der Waals surface area contributed by atoms with Crippen molar-refractivity contribution in [3.63, 3.8) is 0 Å². The number of imide groups is 1. The molecule has 2 fully saturated rings. The molecule has 3 aromatic rings. The van der Waals surface area contributed by atoms with E-state index in [2.05, 4.69) is 37.2 Å². The van der Waals surface area contributed by atoms with Gasteiger partial charge in [0.05, 0.1) is 10.6 Å². The summed E-state index contributed by atoms with van der Waals surface area (Å²) >= 11 is 0.878. The van der Waals surface area contributed by atoms with Gasteiger partial charge in [0.15, 0.2) is 0 Å². The van der Waals surface area contributed by atoms with E-state index in [1.165, 1.54) is 0 Å². The molecule has 4 heterocycles. The summed E-state index contributed by atoms with van der Waals surface area (Å²) in [5.41, 5.74) is 1.73. The maximum atomic E-state index is 12.1. The zero-order valence-corrected chi connectivity index (χ0v) is 20.0. The highest BCUT2D eigenvalue weighted by Gasteiger charge is 2.26. The second-order valence-electron chi connectivity index (χ2n) is 8.17. The lowest BCUT2D eigenvalue weighted by Gasteiger charge is -2.35. The van der Waals surface area contributed by atoms with Crippen LogP contribution in [0.15, 0.2) is 59.8 Å². The van der Waals surface area contributed by atoms with Crippen LogP contribution < -0.4 is 20.0 Å². The van der Waals surface area contributed by atoms with Crippen molar-refractivity contribution in [2.24, 2.45) is 0 Å². The Labute approximate surface area is 207 Å². The van der Waals surface area contributed by atoms with Crippen molar-refractivity contribution in [1.82, 2.24) is 25.3 Å². The molecule has 0 atom stereocenters. The van der Waals surface area contributed by atoms with Gasteiger partial charge in [-0.2, -0.15) is 4.98 Å². The number of benzene rings is 1. The molecule has 5 rings (SSSR count). The van der Waals surface area contributed by atoms with E-state index in [9.17, 15) is 9.59 Å². The van der Waals surface area contributed by atoms with Gasteiger partial charge < -0.3 is 14.7 Å². The second-order valence-corrected chi connectivity index (χ2v) is 9.18. The summed E-state index contributed by atoms with van der Waals surface area (Å²) in [5.74, 6) is 1.62. The maximum Gasteiger partial charge on any atom is 0.290 e. The van der Waals surface area contributed by atoms with Crippen molar-refractivity contribution in [3.05, 3.63) is 71.0 Å². The van der Waals surface area contributed by atoms with E-state index in [0.29, 0.717) is 42.1 Å². The topological polar surface area (TPSA) is 107 Å². The lowest BCUT2D eigenvalue weighted by atomic mass is 10.2. The van der Waals surface area contributed by atoms with Crippen molar-refractivity contribution in [2.45, 2.75) is 6.54 Å². The fraction of sp³-hybridized carbons (Fsp3) is 0.250. The molecule has 10 nitrogen and oxygen atoms in total. The van der Waals surface area contributed by atoms with E-state index in [4.69, 9.17) is 9.97 Å². The van der Waals surface area contributed by atoms with Crippen molar-refractivity contribution in [2.75, 3.05) is 47.9 Å². The number of nitrogens with one attached hydrogen (secondary N) is 1. The third kappa shape index (κ3) is 5.40. The molecule has 35 heavy (non-hydrogen) atoms. The molecule has 178 valence electrons. The van der Waals surface area contributed by atoms with Gasteiger partial charge in [0.2, 0.25) is 11.9 Å². The minimum atomic E-state index is -0.407. The van der Waals surface area contributed by atoms with Gasteiger partial charge in [0.25, 0.3) is 11.1 Å². The van der Waals surface area contributed by atoms with E-state index in [0.717, 1.165) is 36.2 Å². The monoisotopic (exact) mass is 488 g/mol. The van der Waals surface area contributed by atoms with Crippen molar-refractivity contribution < 1.29 is 9.59 Å². The average molecular weight is 489 g/mol. The van der Waals surface area contributed by atoms with Crippen LogP contribution >= 0.6 is 11.8 Å². The summed E-state index contributed by atoms with van der Waals surface area (Å²) in [6.45, 7) is 3.54. The molecule has 1 N–H and O–H groups in total. The first kappa shape index (κ1) is 22.8. The number of nitrogens with zero attached hydrogens (tertiary/aromatic N) is 7. The Morgan fingerprint density at radius 2 is 1.66 bits per heavy atom. The molecule has 0 saturated carbocycles. The highest BCUT2D eigenvalue weighted by molar-refractivity contribution is 8.18. The molecule has 11 heteroatoms. The van der Waals surface area contributed by atoms with Crippen molar-refractivity contribution >= 4 is 46.7 Å². The van der Waals surface area contributed by atoms with Gasteiger partial charge in [-0.3, -0.25) is 14.9 Å². The molecule has 0 aliphatic carbocycles. The molecule has 0 bridgehead atoms. The molecule has 0 unspecified atom stereocenters. The Balaban J connectivity index is 1.41. The lowest BCUT2D eigenvalue weighted by Crippen LogP contribution is -2.47. The number of carbonyl (C=O) groups excluding carboxylic acids is 2. The minimum Gasteiger partial charge on any atom is -0.355 e. The van der Waals surface area contributed by atoms with Gasteiger partial charge in [0.1, 0.15) is 5.82 Å². The van der Waals surface area contributed by atoms with Gasteiger partial charge in [-0.1, -0.05) is 30.3 Å². The van der Waals surface area contributed by atoms with Crippen LogP contribution in [0.4, 0.5) is 22.5 Å². The summed E-state index contributed by atoms with van der Waals surface area (Å²) in [4.78, 5) is 48.6. The molecule has 1 aromatic carbocycles. The number of anilines is 3. The number of aromatic nitrogens is 4. The van der Waals surface area contributed by atoms with E-state index < -0.39 is 5.91 Å². The number of carbonyl (C=O) groups is 2. The summed E-state index contributed by atoms with van der Waals surface area (Å²) in [5, 5.41) is 1.91. The zero-order chi connectivity index (χ0) is 24.2. The van der Waals surface area contributed by atoms with Crippen molar-refractivity contribution in [3.8, 4) is 0 Å². The number of rotatable bonds is 6. The molecular weight excluding hydrogens is 464 g/mol. The van der Waals surface area contributed by atoms with Crippen LogP contribution in [0.5, 0.6) is 0 Å². The summed E-state index contributed by atoms with van der Waals surface area (Å²) in [7, 11) is 1.97.